The number of rotatable bonds is 23. The molecule has 28 heteroatoms. The van der Waals surface area contributed by atoms with E-state index in [0.29, 0.717) is 31.1 Å². The second-order valence-electron chi connectivity index (χ2n) is 11.6. The molecule has 57 heavy (non-hydrogen) atoms. The number of hydrogen-bond donors (Lipinski definition) is 7. The minimum atomic E-state index is -5.46. The summed E-state index contributed by atoms with van der Waals surface area (Å²) in [6, 6.07) is 6.40. The van der Waals surface area contributed by atoms with Gasteiger partial charge in [-0.15, -0.1) is 0 Å². The summed E-state index contributed by atoms with van der Waals surface area (Å²) >= 11 is 0. The number of amides is 2. The maximum Gasteiger partial charge on any atom is 0.488 e. The van der Waals surface area contributed by atoms with Crippen molar-refractivity contribution in [2.24, 2.45) is 5.11 Å². The zero-order valence-electron chi connectivity index (χ0n) is 30.4. The Morgan fingerprint density at radius 2 is 1.89 bits per heavy atom. The molecule has 0 aliphatic carbocycles. The summed E-state index contributed by atoms with van der Waals surface area (Å²) in [6.07, 6.45) is -1.54. The fraction of sp³-hybridized carbons (Fsp3) is 0.517. The van der Waals surface area contributed by atoms with Crippen LogP contribution in [-0.2, 0) is 45.8 Å². The molecule has 25 nitrogen and oxygen atoms in total. The molecule has 1 fully saturated rings. The Labute approximate surface area is 323 Å². The normalized spacial score (nSPS) is 18.7. The second kappa shape index (κ2) is 22.7. The van der Waals surface area contributed by atoms with E-state index in [-0.39, 0.29) is 57.3 Å². The van der Waals surface area contributed by atoms with E-state index in [9.17, 15) is 42.7 Å². The minimum Gasteiger partial charge on any atom is -0.491 e. The van der Waals surface area contributed by atoms with Gasteiger partial charge in [0, 0.05) is 36.4 Å². The molecule has 1 aliphatic heterocycles. The number of hydrogen-bond acceptors (Lipinski definition) is 16. The van der Waals surface area contributed by atoms with E-state index in [4.69, 9.17) is 29.4 Å². The van der Waals surface area contributed by atoms with Gasteiger partial charge in [-0.1, -0.05) is 23.0 Å². The summed E-state index contributed by atoms with van der Waals surface area (Å²) < 4.78 is 70.4. The number of nitrogens with zero attached hydrogens (tertiary/aromatic N) is 4. The van der Waals surface area contributed by atoms with Crippen LogP contribution in [0.3, 0.4) is 0 Å². The van der Waals surface area contributed by atoms with E-state index >= 15 is 0 Å². The summed E-state index contributed by atoms with van der Waals surface area (Å²) in [5.41, 5.74) is 7.40. The number of ether oxygens (including phenoxy) is 4. The van der Waals surface area contributed by atoms with Crippen molar-refractivity contribution in [2.75, 3.05) is 66.4 Å². The van der Waals surface area contributed by atoms with Crippen molar-refractivity contribution in [1.82, 2.24) is 25.5 Å². The summed E-state index contributed by atoms with van der Waals surface area (Å²) in [4.78, 5) is 82.2. The maximum atomic E-state index is 12.5. The number of carbonyl (C=O) groups excluding carboxylic acids is 2. The molecule has 1 saturated heterocycles. The van der Waals surface area contributed by atoms with Crippen LogP contribution in [0.25, 0.3) is 10.4 Å². The molecule has 1 aliphatic rings. The molecule has 0 radical (unpaired) electrons. The first-order chi connectivity index (χ1) is 26.9. The number of phosphoric acid groups is 2. The lowest BCUT2D eigenvalue weighted by atomic mass is 10.2. The van der Waals surface area contributed by atoms with Gasteiger partial charge in [-0.05, 0) is 43.6 Å². The van der Waals surface area contributed by atoms with Crippen LogP contribution < -0.4 is 31.9 Å². The third-order valence-corrected chi connectivity index (χ3v) is 11.1. The van der Waals surface area contributed by atoms with Gasteiger partial charge in [-0.3, -0.25) is 33.0 Å². The fourth-order valence-electron chi connectivity index (χ4n) is 4.55. The number of nitrogens with one attached hydrogen (secondary N) is 4. The molecule has 7 N–H and O–H groups in total. The number of carbonyl (C=O) groups is 2. The van der Waals surface area contributed by atoms with Crippen molar-refractivity contribution in [3.63, 3.8) is 0 Å². The van der Waals surface area contributed by atoms with Crippen molar-refractivity contribution in [1.29, 1.82) is 0 Å². The van der Waals surface area contributed by atoms with Gasteiger partial charge in [0.1, 0.15) is 30.8 Å². The van der Waals surface area contributed by atoms with Crippen molar-refractivity contribution < 1.29 is 70.1 Å². The molecule has 1 aromatic heterocycles. The monoisotopic (exact) mass is 866 g/mol. The van der Waals surface area contributed by atoms with Crippen molar-refractivity contribution in [3.05, 3.63) is 72.9 Å². The molecule has 6 atom stereocenters. The van der Waals surface area contributed by atoms with Gasteiger partial charge in [0.25, 0.3) is 11.5 Å². The Balaban J connectivity index is 1.40. The maximum absolute atomic E-state index is 12.5. The Morgan fingerprint density at radius 1 is 1.12 bits per heavy atom. The molecular formula is C29H41N8O17P3. The standard InChI is InChI=1S/C29H41N8O17P3/c1-31-11-12-33-27(39)20-5-3-7-22(15-20)50-19-25(35-36-30)49-14-13-48-18-24(38)32-10-4-6-21-16-37(29(41)34-28(21)40)26-9-8-23(52-26)17-51-56(44,45)54-57(46,47)53-55(2,42)43/h3,5,7,15-16,23,25-26,31H,8-14,17-19H2,1-2H3,(H,32,38)(H,33,39)(H,42,43)(H,44,45)(H,46,47)(H,34,40,41)/t23-,25?,26+/m0/s1. The van der Waals surface area contributed by atoms with Crippen LogP contribution in [0, 0.1) is 11.8 Å². The molecule has 0 bridgehead atoms. The SMILES string of the molecule is CNCCNC(=O)c1cccc(OCC(N=[N+]=[N-])OCCOCC(=O)NCC#Cc2cn([C@H]3CC[C@@H](COP(=O)(O)OP(=O)(O)OP(C)(=O)O)O3)c(=O)[nH]c2=O)c1. The average molecular weight is 867 g/mol. The average Bonchev–Trinajstić information content (AvgIpc) is 3.59. The minimum absolute atomic E-state index is 0.0630. The van der Waals surface area contributed by atoms with Crippen LogP contribution >= 0.6 is 23.2 Å². The number of phosphoric ester groups is 1. The van der Waals surface area contributed by atoms with Gasteiger partial charge >= 0.3 is 28.9 Å². The zero-order chi connectivity index (χ0) is 42.1. The van der Waals surface area contributed by atoms with Crippen molar-refractivity contribution in [3.8, 4) is 17.6 Å². The molecule has 314 valence electrons. The number of aromatic nitrogens is 2. The lowest BCUT2D eigenvalue weighted by Gasteiger charge is -2.19. The van der Waals surface area contributed by atoms with E-state index in [0.717, 1.165) is 10.8 Å². The first-order valence-corrected chi connectivity index (χ1v) is 21.6. The molecule has 1 aromatic carbocycles. The molecule has 3 rings (SSSR count). The van der Waals surface area contributed by atoms with Crippen LogP contribution in [0.1, 0.15) is 35.0 Å². The predicted octanol–water partition coefficient (Wildman–Crippen LogP) is 0.446. The molecule has 2 amide bonds. The Kier molecular flexibility index (Phi) is 18.8. The lowest BCUT2D eigenvalue weighted by Crippen LogP contribution is -2.34. The summed E-state index contributed by atoms with van der Waals surface area (Å²) in [5, 5.41) is 11.6. The molecule has 0 spiro atoms. The smallest absolute Gasteiger partial charge is 0.488 e. The van der Waals surface area contributed by atoms with E-state index in [1.807, 2.05) is 0 Å². The number of H-pyrrole nitrogens is 1. The largest absolute Gasteiger partial charge is 0.491 e. The summed E-state index contributed by atoms with van der Waals surface area (Å²) in [6.45, 7) is 0.0136. The van der Waals surface area contributed by atoms with Gasteiger partial charge in [0.2, 0.25) is 5.91 Å². The second-order valence-corrected chi connectivity index (χ2v) is 16.6. The van der Waals surface area contributed by atoms with E-state index in [2.05, 4.69) is 55.9 Å². The Hall–Kier alpha value is -4.20. The van der Waals surface area contributed by atoms with Gasteiger partial charge in [0.15, 0.2) is 6.23 Å². The van der Waals surface area contributed by atoms with E-state index < -0.39 is 65.6 Å². The number of aromatic amines is 1. The van der Waals surface area contributed by atoms with Gasteiger partial charge in [-0.25, -0.2) is 18.2 Å². The highest BCUT2D eigenvalue weighted by Crippen LogP contribution is 2.66. The topological polar surface area (TPSA) is 350 Å². The number of azide groups is 1. The first kappa shape index (κ1) is 47.2. The molecule has 0 saturated carbocycles. The fourth-order valence-corrected chi connectivity index (χ4v) is 8.06. The third-order valence-electron chi connectivity index (χ3n) is 6.95. The van der Waals surface area contributed by atoms with Crippen molar-refractivity contribution >= 4 is 35.1 Å². The quantitative estimate of drug-likeness (QED) is 0.0199. The van der Waals surface area contributed by atoms with Gasteiger partial charge < -0.3 is 49.6 Å². The summed E-state index contributed by atoms with van der Waals surface area (Å²) in [5.74, 6) is 4.59. The molecule has 2 aromatic rings. The zero-order valence-corrected chi connectivity index (χ0v) is 33.1. The Morgan fingerprint density at radius 3 is 2.61 bits per heavy atom. The number of benzene rings is 1. The van der Waals surface area contributed by atoms with Gasteiger partial charge in [-0.2, -0.15) is 4.31 Å². The highest BCUT2D eigenvalue weighted by atomic mass is 31.3. The van der Waals surface area contributed by atoms with Crippen LogP contribution in [0.5, 0.6) is 5.75 Å². The predicted molar refractivity (Wildman–Crippen MR) is 196 cm³/mol. The number of likely N-dealkylation sites (N-methyl/N-ethyl adjacent to an activating group) is 1. The van der Waals surface area contributed by atoms with Gasteiger partial charge in [0.05, 0.1) is 32.5 Å². The summed E-state index contributed by atoms with van der Waals surface area (Å²) in [7, 11) is -13.6. The van der Waals surface area contributed by atoms with Crippen molar-refractivity contribution in [2.45, 2.75) is 31.4 Å². The molecular weight excluding hydrogens is 825 g/mol. The van der Waals surface area contributed by atoms with E-state index in [1.165, 1.54) is 6.07 Å². The van der Waals surface area contributed by atoms with Crippen LogP contribution in [0.2, 0.25) is 0 Å². The van der Waals surface area contributed by atoms with E-state index in [1.54, 1.807) is 25.2 Å². The van der Waals surface area contributed by atoms with Crippen LogP contribution in [0.15, 0.2) is 45.2 Å². The highest BCUT2D eigenvalue weighted by Gasteiger charge is 2.40. The molecule has 4 unspecified atom stereocenters. The van der Waals surface area contributed by atoms with Crippen LogP contribution in [0.4, 0.5) is 0 Å². The third kappa shape index (κ3) is 17.9. The molecule has 2 heterocycles. The highest BCUT2D eigenvalue weighted by molar-refractivity contribution is 7.68. The Bertz CT molecular complexity index is 2080. The lowest BCUT2D eigenvalue weighted by molar-refractivity contribution is -0.126. The first-order valence-electron chi connectivity index (χ1n) is 16.6. The van der Waals surface area contributed by atoms with Crippen LogP contribution in [-0.4, -0.2) is 115 Å².